The van der Waals surface area contributed by atoms with Gasteiger partial charge in [0.25, 0.3) is 0 Å². The largest absolute Gasteiger partial charge is 0.495 e. The normalized spacial score (nSPS) is 11.2. The van der Waals surface area contributed by atoms with E-state index in [1.165, 1.54) is 23.9 Å². The lowest BCUT2D eigenvalue weighted by Crippen LogP contribution is -2.24. The van der Waals surface area contributed by atoms with Gasteiger partial charge in [-0.2, -0.15) is 0 Å². The van der Waals surface area contributed by atoms with E-state index < -0.39 is 5.97 Å². The van der Waals surface area contributed by atoms with Crippen molar-refractivity contribution in [3.05, 3.63) is 78.4 Å². The van der Waals surface area contributed by atoms with Gasteiger partial charge in [0.05, 0.1) is 23.6 Å². The molecule has 0 heterocycles. The third-order valence-corrected chi connectivity index (χ3v) is 6.33. The van der Waals surface area contributed by atoms with Gasteiger partial charge in [-0.05, 0) is 67.2 Å². The summed E-state index contributed by atoms with van der Waals surface area (Å²) in [5.74, 6) is -0.552. The van der Waals surface area contributed by atoms with Crippen LogP contribution in [0.2, 0.25) is 0 Å². The molecule has 3 rings (SSSR count). The van der Waals surface area contributed by atoms with Crippen LogP contribution in [0.3, 0.4) is 0 Å². The number of carboxylic acids is 1. The van der Waals surface area contributed by atoms with Gasteiger partial charge in [0.15, 0.2) is 5.11 Å². The second-order valence-electron chi connectivity index (χ2n) is 7.20. The molecule has 3 aromatic carbocycles. The number of amides is 1. The number of anilines is 3. The van der Waals surface area contributed by atoms with Crippen molar-refractivity contribution < 1.29 is 19.4 Å². The highest BCUT2D eigenvalue weighted by atomic mass is 32.2. The van der Waals surface area contributed by atoms with Gasteiger partial charge in [-0.25, -0.2) is 4.79 Å². The van der Waals surface area contributed by atoms with Crippen LogP contribution in [-0.4, -0.2) is 34.5 Å². The van der Waals surface area contributed by atoms with E-state index in [2.05, 4.69) is 16.0 Å². The van der Waals surface area contributed by atoms with Crippen LogP contribution in [0.4, 0.5) is 17.1 Å². The third-order valence-electron chi connectivity index (χ3n) is 4.77. The number of ether oxygens (including phenoxy) is 1. The van der Waals surface area contributed by atoms with E-state index in [9.17, 15) is 9.59 Å². The Morgan fingerprint density at radius 3 is 2.38 bits per heavy atom. The summed E-state index contributed by atoms with van der Waals surface area (Å²) in [6, 6.07) is 21.3. The van der Waals surface area contributed by atoms with Gasteiger partial charge >= 0.3 is 5.97 Å². The quantitative estimate of drug-likeness (QED) is 0.221. The van der Waals surface area contributed by atoms with E-state index in [-0.39, 0.29) is 16.7 Å². The molecule has 0 fully saturated rings. The van der Waals surface area contributed by atoms with E-state index in [0.717, 1.165) is 16.3 Å². The van der Waals surface area contributed by atoms with Gasteiger partial charge in [-0.15, -0.1) is 11.8 Å². The fraction of sp³-hybridized carbons (Fsp3) is 0.160. The Bertz CT molecular complexity index is 1190. The number of hydrogen-bond donors (Lipinski definition) is 4. The number of para-hydroxylation sites is 2. The Balaban J connectivity index is 1.63. The Labute approximate surface area is 207 Å². The van der Waals surface area contributed by atoms with Crippen LogP contribution in [0.1, 0.15) is 23.7 Å². The number of thioether (sulfide) groups is 1. The smallest absolute Gasteiger partial charge is 0.335 e. The molecule has 1 amide bonds. The fourth-order valence-corrected chi connectivity index (χ4v) is 4.36. The molecule has 4 N–H and O–H groups in total. The number of hydrogen-bond acceptors (Lipinski definition) is 5. The first kappa shape index (κ1) is 25.1. The molecule has 34 heavy (non-hydrogen) atoms. The van der Waals surface area contributed by atoms with Crippen LogP contribution in [0.5, 0.6) is 5.75 Å². The summed E-state index contributed by atoms with van der Waals surface area (Å²) in [4.78, 5) is 24.9. The Kier molecular flexibility index (Phi) is 8.89. The number of methoxy groups -OCH3 is 1. The van der Waals surface area contributed by atoms with Crippen LogP contribution in [-0.2, 0) is 4.79 Å². The van der Waals surface area contributed by atoms with Gasteiger partial charge < -0.3 is 25.8 Å². The number of nitrogens with one attached hydrogen (secondary N) is 3. The van der Waals surface area contributed by atoms with Crippen molar-refractivity contribution in [1.29, 1.82) is 0 Å². The molecule has 0 saturated heterocycles. The van der Waals surface area contributed by atoms with Gasteiger partial charge in [0, 0.05) is 16.3 Å². The summed E-state index contributed by atoms with van der Waals surface area (Å²) in [6.07, 6.45) is 0.598. The third kappa shape index (κ3) is 6.97. The van der Waals surface area contributed by atoms with Crippen molar-refractivity contribution in [2.45, 2.75) is 23.5 Å². The zero-order chi connectivity index (χ0) is 24.5. The van der Waals surface area contributed by atoms with E-state index in [0.29, 0.717) is 23.0 Å². The fourth-order valence-electron chi connectivity index (χ4n) is 3.12. The standard InChI is InChI=1S/C25H25N3O4S2/c1-3-22(23(29)26-17-9-6-8-16(14-17)24(30)31)34-19-11-7-10-18(15-19)27-25(33)28-20-12-4-5-13-21(20)32-2/h4-15,22H,3H2,1-2H3,(H,26,29)(H,30,31)(H2,27,28,33). The molecule has 0 bridgehead atoms. The van der Waals surface area contributed by atoms with E-state index >= 15 is 0 Å². The van der Waals surface area contributed by atoms with Crippen molar-refractivity contribution in [1.82, 2.24) is 0 Å². The molecule has 7 nitrogen and oxygen atoms in total. The maximum absolute atomic E-state index is 12.8. The predicted octanol–water partition coefficient (Wildman–Crippen LogP) is 5.71. The number of rotatable bonds is 9. The summed E-state index contributed by atoms with van der Waals surface area (Å²) >= 11 is 6.86. The molecule has 0 spiro atoms. The van der Waals surface area contributed by atoms with Gasteiger partial charge in [0.1, 0.15) is 5.75 Å². The zero-order valence-electron chi connectivity index (χ0n) is 18.7. The number of carboxylic acid groups (broad SMARTS) is 1. The van der Waals surface area contributed by atoms with Crippen molar-refractivity contribution >= 4 is 58.0 Å². The molecule has 176 valence electrons. The second-order valence-corrected chi connectivity index (χ2v) is 8.88. The monoisotopic (exact) mass is 495 g/mol. The lowest BCUT2D eigenvalue weighted by molar-refractivity contribution is -0.115. The average Bonchev–Trinajstić information content (AvgIpc) is 2.83. The minimum Gasteiger partial charge on any atom is -0.495 e. The Hall–Kier alpha value is -3.56. The SMILES string of the molecule is CCC(Sc1cccc(NC(=S)Nc2ccccc2OC)c1)C(=O)Nc1cccc(C(=O)O)c1. The van der Waals surface area contributed by atoms with Crippen molar-refractivity contribution in [3.8, 4) is 5.75 Å². The summed E-state index contributed by atoms with van der Waals surface area (Å²) < 4.78 is 5.33. The molecule has 1 unspecified atom stereocenters. The minimum absolute atomic E-state index is 0.120. The van der Waals surface area contributed by atoms with Gasteiger partial charge in [-0.3, -0.25) is 4.79 Å². The highest BCUT2D eigenvalue weighted by Crippen LogP contribution is 2.29. The topological polar surface area (TPSA) is 99.7 Å². The van der Waals surface area contributed by atoms with Crippen LogP contribution in [0.25, 0.3) is 0 Å². The maximum atomic E-state index is 12.8. The minimum atomic E-state index is -1.04. The highest BCUT2D eigenvalue weighted by molar-refractivity contribution is 8.00. The zero-order valence-corrected chi connectivity index (χ0v) is 20.3. The first-order chi connectivity index (χ1) is 16.4. The number of benzene rings is 3. The molecule has 9 heteroatoms. The summed E-state index contributed by atoms with van der Waals surface area (Å²) in [7, 11) is 1.60. The molecule has 0 aliphatic carbocycles. The molecule has 3 aromatic rings. The van der Waals surface area contributed by atoms with E-state index in [1.807, 2.05) is 55.5 Å². The van der Waals surface area contributed by atoms with Crippen LogP contribution in [0, 0.1) is 0 Å². The number of carbonyl (C=O) groups is 2. The van der Waals surface area contributed by atoms with E-state index in [1.54, 1.807) is 19.2 Å². The van der Waals surface area contributed by atoms with Crippen molar-refractivity contribution in [2.24, 2.45) is 0 Å². The number of thiocarbonyl (C=S) groups is 1. The van der Waals surface area contributed by atoms with Crippen LogP contribution < -0.4 is 20.7 Å². The molecule has 1 atom stereocenters. The number of aromatic carboxylic acids is 1. The van der Waals surface area contributed by atoms with Gasteiger partial charge in [0.2, 0.25) is 5.91 Å². The lowest BCUT2D eigenvalue weighted by Gasteiger charge is -2.16. The Morgan fingerprint density at radius 1 is 0.971 bits per heavy atom. The van der Waals surface area contributed by atoms with Crippen molar-refractivity contribution in [3.63, 3.8) is 0 Å². The molecule has 0 aliphatic rings. The summed E-state index contributed by atoms with van der Waals surface area (Å²) in [6.45, 7) is 1.93. The molecular weight excluding hydrogens is 470 g/mol. The first-order valence-electron chi connectivity index (χ1n) is 10.5. The van der Waals surface area contributed by atoms with Crippen LogP contribution in [0.15, 0.2) is 77.7 Å². The van der Waals surface area contributed by atoms with Crippen molar-refractivity contribution in [2.75, 3.05) is 23.1 Å². The van der Waals surface area contributed by atoms with E-state index in [4.69, 9.17) is 22.1 Å². The van der Waals surface area contributed by atoms with Crippen LogP contribution >= 0.6 is 24.0 Å². The molecule has 0 saturated carbocycles. The average molecular weight is 496 g/mol. The maximum Gasteiger partial charge on any atom is 0.335 e. The predicted molar refractivity (Wildman–Crippen MR) is 141 cm³/mol. The molecule has 0 radical (unpaired) electrons. The molecular formula is C25H25N3O4S2. The molecule has 0 aromatic heterocycles. The lowest BCUT2D eigenvalue weighted by atomic mass is 10.2. The summed E-state index contributed by atoms with van der Waals surface area (Å²) in [5.41, 5.74) is 2.10. The van der Waals surface area contributed by atoms with Gasteiger partial charge in [-0.1, -0.05) is 31.2 Å². The number of carbonyl (C=O) groups excluding carboxylic acids is 1. The first-order valence-corrected chi connectivity index (χ1v) is 11.8. The molecule has 0 aliphatic heterocycles. The Morgan fingerprint density at radius 2 is 1.68 bits per heavy atom. The highest BCUT2D eigenvalue weighted by Gasteiger charge is 2.19. The summed E-state index contributed by atoms with van der Waals surface area (Å²) in [5, 5.41) is 18.3. The second kappa shape index (κ2) is 12.1.